The maximum atomic E-state index is 13.3. The molecule has 136 valence electrons. The fourth-order valence-corrected chi connectivity index (χ4v) is 3.01. The van der Waals surface area contributed by atoms with Crippen LogP contribution in [0.15, 0.2) is 41.3 Å². The minimum absolute atomic E-state index is 0.00760. The Hall–Kier alpha value is -1.84. The maximum absolute atomic E-state index is 13.3. The third kappa shape index (κ3) is 4.42. The highest BCUT2D eigenvalue weighted by molar-refractivity contribution is 7.92. The van der Waals surface area contributed by atoms with E-state index in [1.54, 1.807) is 0 Å². The topological polar surface area (TPSA) is 63.6 Å². The lowest BCUT2D eigenvalue weighted by Gasteiger charge is -2.14. The number of aliphatic hydroxyl groups is 1. The minimum atomic E-state index is -5.54. The van der Waals surface area contributed by atoms with E-state index in [1.807, 2.05) is 0 Å². The Bertz CT molecular complexity index is 861. The van der Waals surface area contributed by atoms with E-state index >= 15 is 0 Å². The maximum Gasteiger partial charge on any atom is 0.501 e. The molecule has 0 bridgehead atoms. The molecule has 0 amide bonds. The van der Waals surface area contributed by atoms with Gasteiger partial charge in [0.05, 0.1) is 4.90 Å². The van der Waals surface area contributed by atoms with Crippen LogP contribution in [0.3, 0.4) is 0 Å². The molecule has 0 spiro atoms. The summed E-state index contributed by atoms with van der Waals surface area (Å²) in [4.78, 5) is -0.979. The van der Waals surface area contributed by atoms with Crippen LogP contribution in [-0.2, 0) is 16.3 Å². The van der Waals surface area contributed by atoms with Gasteiger partial charge in [-0.3, -0.25) is 0 Å². The van der Waals surface area contributed by atoms with Crippen LogP contribution >= 0.6 is 11.6 Å². The number of benzene rings is 2. The van der Waals surface area contributed by atoms with Crippen molar-refractivity contribution in [1.82, 2.24) is 0 Å². The summed E-state index contributed by atoms with van der Waals surface area (Å²) in [6.07, 6.45) is -0.167. The molecule has 1 N–H and O–H groups in total. The van der Waals surface area contributed by atoms with Crippen LogP contribution in [0.25, 0.3) is 0 Å². The Morgan fingerprint density at radius 3 is 2.36 bits per heavy atom. The Morgan fingerprint density at radius 1 is 1.12 bits per heavy atom. The third-order valence-corrected chi connectivity index (χ3v) is 4.79. The molecule has 0 heterocycles. The number of sulfone groups is 1. The summed E-state index contributed by atoms with van der Waals surface area (Å²) in [6.45, 7) is -0.463. The summed E-state index contributed by atoms with van der Waals surface area (Å²) in [5.74, 6) is -0.755. The van der Waals surface area contributed by atoms with Crippen LogP contribution < -0.4 is 4.74 Å². The summed E-state index contributed by atoms with van der Waals surface area (Å²) < 4.78 is 79.6. The average molecular weight is 399 g/mol. The number of rotatable bonds is 5. The van der Waals surface area contributed by atoms with E-state index in [2.05, 4.69) is 0 Å². The molecule has 10 heteroatoms. The third-order valence-electron chi connectivity index (χ3n) is 3.09. The lowest BCUT2D eigenvalue weighted by atomic mass is 10.1. The first-order chi connectivity index (χ1) is 11.5. The van der Waals surface area contributed by atoms with E-state index in [9.17, 15) is 26.0 Å². The van der Waals surface area contributed by atoms with Crippen molar-refractivity contribution in [2.24, 2.45) is 0 Å². The molecule has 0 fully saturated rings. The van der Waals surface area contributed by atoms with E-state index in [-0.39, 0.29) is 28.5 Å². The molecule has 0 atom stereocenters. The second-order valence-corrected chi connectivity index (χ2v) is 7.28. The van der Waals surface area contributed by atoms with Crippen LogP contribution in [0.2, 0.25) is 5.02 Å². The number of halogens is 5. The van der Waals surface area contributed by atoms with Crippen LogP contribution in [0.5, 0.6) is 11.5 Å². The molecule has 0 aliphatic carbocycles. The van der Waals surface area contributed by atoms with Gasteiger partial charge in [0, 0.05) is 17.7 Å². The monoisotopic (exact) mass is 398 g/mol. The van der Waals surface area contributed by atoms with Crippen LogP contribution in [0.1, 0.15) is 5.56 Å². The predicted octanol–water partition coefficient (Wildman–Crippen LogP) is 4.10. The van der Waals surface area contributed by atoms with E-state index in [4.69, 9.17) is 21.4 Å². The van der Waals surface area contributed by atoms with E-state index in [1.165, 1.54) is 6.07 Å². The molecular weight excluding hydrogens is 388 g/mol. The molecule has 0 aliphatic heterocycles. The lowest BCUT2D eigenvalue weighted by Crippen LogP contribution is -2.23. The van der Waals surface area contributed by atoms with E-state index < -0.39 is 32.7 Å². The molecule has 0 radical (unpaired) electrons. The first kappa shape index (κ1) is 19.5. The molecular formula is C15H11ClF4O4S. The highest BCUT2D eigenvalue weighted by Crippen LogP contribution is 2.34. The van der Waals surface area contributed by atoms with Gasteiger partial charge in [-0.15, -0.1) is 0 Å². The van der Waals surface area contributed by atoms with Gasteiger partial charge in [-0.2, -0.15) is 13.2 Å². The molecule has 0 aromatic heterocycles. The van der Waals surface area contributed by atoms with Gasteiger partial charge >= 0.3 is 5.51 Å². The average Bonchev–Trinajstić information content (AvgIpc) is 2.47. The summed E-state index contributed by atoms with van der Waals surface area (Å²) in [5.41, 5.74) is -5.45. The fourth-order valence-electron chi connectivity index (χ4n) is 1.99. The van der Waals surface area contributed by atoms with Gasteiger partial charge in [0.2, 0.25) is 0 Å². The molecule has 2 aromatic rings. The predicted molar refractivity (Wildman–Crippen MR) is 82.0 cm³/mol. The quantitative estimate of drug-likeness (QED) is 0.770. The van der Waals surface area contributed by atoms with Gasteiger partial charge in [-0.1, -0.05) is 11.6 Å². The number of hydrogen-bond acceptors (Lipinski definition) is 4. The largest absolute Gasteiger partial charge is 0.501 e. The van der Waals surface area contributed by atoms with Crippen molar-refractivity contribution in [2.45, 2.75) is 16.8 Å². The summed E-state index contributed by atoms with van der Waals surface area (Å²) >= 11 is 5.69. The lowest BCUT2D eigenvalue weighted by molar-refractivity contribution is -0.0436. The van der Waals surface area contributed by atoms with Gasteiger partial charge in [-0.25, -0.2) is 12.8 Å². The van der Waals surface area contributed by atoms with Gasteiger partial charge in [0.1, 0.15) is 17.3 Å². The Kier molecular flexibility index (Phi) is 5.60. The number of ether oxygens (including phenoxy) is 1. The van der Waals surface area contributed by atoms with E-state index in [0.29, 0.717) is 0 Å². The van der Waals surface area contributed by atoms with Crippen molar-refractivity contribution in [3.8, 4) is 11.5 Å². The summed E-state index contributed by atoms with van der Waals surface area (Å²) in [5, 5.41) is 9.08. The van der Waals surface area contributed by atoms with Gasteiger partial charge in [0.15, 0.2) is 0 Å². The highest BCUT2D eigenvalue weighted by atomic mass is 35.5. The van der Waals surface area contributed by atoms with E-state index in [0.717, 1.165) is 30.3 Å². The zero-order valence-corrected chi connectivity index (χ0v) is 13.9. The second kappa shape index (κ2) is 7.19. The zero-order valence-electron chi connectivity index (χ0n) is 12.3. The first-order valence-corrected chi connectivity index (χ1v) is 8.60. The van der Waals surface area contributed by atoms with Gasteiger partial charge in [0.25, 0.3) is 9.84 Å². The van der Waals surface area contributed by atoms with Crippen molar-refractivity contribution in [3.63, 3.8) is 0 Å². The van der Waals surface area contributed by atoms with Crippen LogP contribution in [-0.4, -0.2) is 25.6 Å². The standard InChI is InChI=1S/C15H11ClF4O4S/c16-10-6-11(17)8-12(7-10)24-14-2-1-13(5-9(14)3-4-21)25(22,23)15(18,19)20/h1-2,5-8,21H,3-4H2. The van der Waals surface area contributed by atoms with Crippen molar-refractivity contribution < 1.29 is 35.8 Å². The second-order valence-electron chi connectivity index (χ2n) is 4.90. The SMILES string of the molecule is O=S(=O)(c1ccc(Oc2cc(F)cc(Cl)c2)c(CCO)c1)C(F)(F)F. The van der Waals surface area contributed by atoms with Crippen molar-refractivity contribution in [2.75, 3.05) is 6.61 Å². The normalized spacial score (nSPS) is 12.2. The van der Waals surface area contributed by atoms with Gasteiger partial charge < -0.3 is 9.84 Å². The Morgan fingerprint density at radius 2 is 1.80 bits per heavy atom. The summed E-state index contributed by atoms with van der Waals surface area (Å²) in [6, 6.07) is 5.78. The summed E-state index contributed by atoms with van der Waals surface area (Å²) in [7, 11) is -5.54. The molecule has 4 nitrogen and oxygen atoms in total. The Labute approximate surface area is 145 Å². The highest BCUT2D eigenvalue weighted by Gasteiger charge is 2.47. The van der Waals surface area contributed by atoms with Crippen LogP contribution in [0, 0.1) is 5.82 Å². The van der Waals surface area contributed by atoms with Crippen molar-refractivity contribution in [1.29, 1.82) is 0 Å². The molecule has 0 saturated carbocycles. The fraction of sp³-hybridized carbons (Fsp3) is 0.200. The van der Waals surface area contributed by atoms with Crippen molar-refractivity contribution in [3.05, 3.63) is 52.8 Å². The number of aliphatic hydroxyl groups excluding tert-OH is 1. The smallest absolute Gasteiger partial charge is 0.457 e. The molecule has 0 saturated heterocycles. The first-order valence-electron chi connectivity index (χ1n) is 6.73. The number of alkyl halides is 3. The number of hydrogen-bond donors (Lipinski definition) is 1. The van der Waals surface area contributed by atoms with Crippen LogP contribution in [0.4, 0.5) is 17.6 Å². The van der Waals surface area contributed by atoms with Crippen molar-refractivity contribution >= 4 is 21.4 Å². The van der Waals surface area contributed by atoms with Gasteiger partial charge in [-0.05, 0) is 42.3 Å². The molecule has 0 aliphatic rings. The molecule has 25 heavy (non-hydrogen) atoms. The molecule has 2 rings (SSSR count). The molecule has 2 aromatic carbocycles. The molecule has 0 unspecified atom stereocenters. The minimum Gasteiger partial charge on any atom is -0.457 e. The zero-order chi connectivity index (χ0) is 18.8. The Balaban J connectivity index is 2.46.